The first-order valence-electron chi connectivity index (χ1n) is 4.98. The third-order valence-corrected chi connectivity index (χ3v) is 4.53. The van der Waals surface area contributed by atoms with Gasteiger partial charge in [0.15, 0.2) is 6.29 Å². The molecule has 0 aliphatic heterocycles. The van der Waals surface area contributed by atoms with Crippen LogP contribution in [0.15, 0.2) is 50.7 Å². The van der Waals surface area contributed by atoms with Crippen LogP contribution in [-0.2, 0) is 0 Å². The highest BCUT2D eigenvalue weighted by Crippen LogP contribution is 2.34. The van der Waals surface area contributed by atoms with Crippen molar-refractivity contribution in [2.75, 3.05) is 0 Å². The zero-order valence-corrected chi connectivity index (χ0v) is 12.9. The summed E-state index contributed by atoms with van der Waals surface area (Å²) in [5.41, 5.74) is 0.639. The first-order chi connectivity index (χ1) is 8.60. The molecular formula is C13H7BrCl2OS. The highest BCUT2D eigenvalue weighted by molar-refractivity contribution is 9.10. The van der Waals surface area contributed by atoms with E-state index in [0.717, 1.165) is 20.5 Å². The lowest BCUT2D eigenvalue weighted by Crippen LogP contribution is -1.85. The van der Waals surface area contributed by atoms with E-state index in [9.17, 15) is 4.79 Å². The van der Waals surface area contributed by atoms with Crippen LogP contribution >= 0.6 is 50.9 Å². The Kier molecular flexibility index (Phi) is 4.73. The number of aldehydes is 1. The second-order valence-corrected chi connectivity index (χ2v) is 6.32. The molecule has 2 rings (SSSR count). The van der Waals surface area contributed by atoms with E-state index in [1.54, 1.807) is 18.2 Å². The number of benzene rings is 2. The van der Waals surface area contributed by atoms with Crippen molar-refractivity contribution in [2.45, 2.75) is 9.79 Å². The Hall–Kier alpha value is -0.480. The summed E-state index contributed by atoms with van der Waals surface area (Å²) in [6.45, 7) is 0. The highest BCUT2D eigenvalue weighted by Gasteiger charge is 2.06. The summed E-state index contributed by atoms with van der Waals surface area (Å²) in [6.07, 6.45) is 0.838. The SMILES string of the molecule is O=Cc1cc(Br)ccc1Sc1ccc(Cl)c(Cl)c1. The molecule has 0 saturated heterocycles. The minimum absolute atomic E-state index is 0.506. The summed E-state index contributed by atoms with van der Waals surface area (Å²) >= 11 is 16.6. The minimum Gasteiger partial charge on any atom is -0.298 e. The molecule has 18 heavy (non-hydrogen) atoms. The molecule has 0 unspecified atom stereocenters. The van der Waals surface area contributed by atoms with Crippen molar-refractivity contribution in [3.63, 3.8) is 0 Å². The maximum Gasteiger partial charge on any atom is 0.151 e. The molecular weight excluding hydrogens is 355 g/mol. The Morgan fingerprint density at radius 2 is 1.83 bits per heavy atom. The molecule has 0 atom stereocenters. The molecule has 1 nitrogen and oxygen atoms in total. The van der Waals surface area contributed by atoms with E-state index in [0.29, 0.717) is 15.6 Å². The Labute approximate surface area is 128 Å². The lowest BCUT2D eigenvalue weighted by Gasteiger charge is -2.06. The third kappa shape index (κ3) is 3.29. The topological polar surface area (TPSA) is 17.1 Å². The van der Waals surface area contributed by atoms with Crippen LogP contribution in [-0.4, -0.2) is 6.29 Å². The molecule has 0 amide bonds. The van der Waals surface area contributed by atoms with E-state index < -0.39 is 0 Å². The fourth-order valence-corrected chi connectivity index (χ4v) is 3.04. The molecule has 0 radical (unpaired) electrons. The Morgan fingerprint density at radius 1 is 1.06 bits per heavy atom. The number of halogens is 3. The number of hydrogen-bond acceptors (Lipinski definition) is 2. The van der Waals surface area contributed by atoms with Gasteiger partial charge < -0.3 is 0 Å². The Balaban J connectivity index is 2.33. The second kappa shape index (κ2) is 6.11. The van der Waals surface area contributed by atoms with E-state index in [2.05, 4.69) is 15.9 Å². The fourth-order valence-electron chi connectivity index (χ4n) is 1.37. The van der Waals surface area contributed by atoms with Gasteiger partial charge in [-0.05, 0) is 36.4 Å². The molecule has 2 aromatic rings. The fraction of sp³-hybridized carbons (Fsp3) is 0. The third-order valence-electron chi connectivity index (χ3n) is 2.22. The molecule has 0 N–H and O–H groups in total. The summed E-state index contributed by atoms with van der Waals surface area (Å²) in [5.74, 6) is 0. The normalized spacial score (nSPS) is 10.4. The number of carbonyl (C=O) groups excluding carboxylic acids is 1. The molecule has 0 aliphatic rings. The van der Waals surface area contributed by atoms with Gasteiger partial charge in [-0.1, -0.05) is 50.9 Å². The van der Waals surface area contributed by atoms with Gasteiger partial charge in [0.2, 0.25) is 0 Å². The molecule has 0 aromatic heterocycles. The second-order valence-electron chi connectivity index (χ2n) is 3.48. The molecule has 92 valence electrons. The van der Waals surface area contributed by atoms with Gasteiger partial charge in [0, 0.05) is 19.8 Å². The van der Waals surface area contributed by atoms with Crippen LogP contribution in [0.2, 0.25) is 10.0 Å². The van der Waals surface area contributed by atoms with Crippen LogP contribution in [0.5, 0.6) is 0 Å². The van der Waals surface area contributed by atoms with Crippen molar-refractivity contribution < 1.29 is 4.79 Å². The minimum atomic E-state index is 0.506. The summed E-state index contributed by atoms with van der Waals surface area (Å²) in [4.78, 5) is 12.8. The maximum atomic E-state index is 11.0. The van der Waals surface area contributed by atoms with E-state index >= 15 is 0 Å². The first kappa shape index (κ1) is 13.9. The predicted molar refractivity (Wildman–Crippen MR) is 80.1 cm³/mol. The van der Waals surface area contributed by atoms with E-state index in [1.807, 2.05) is 18.2 Å². The van der Waals surface area contributed by atoms with Gasteiger partial charge in [-0.2, -0.15) is 0 Å². The zero-order chi connectivity index (χ0) is 13.1. The van der Waals surface area contributed by atoms with Crippen LogP contribution in [0.1, 0.15) is 10.4 Å². The summed E-state index contributed by atoms with van der Waals surface area (Å²) in [7, 11) is 0. The van der Waals surface area contributed by atoms with Crippen molar-refractivity contribution >= 4 is 57.2 Å². The standard InChI is InChI=1S/C13H7BrCl2OS/c14-9-1-4-13(8(5-9)7-17)18-10-2-3-11(15)12(16)6-10/h1-7H. The molecule has 5 heteroatoms. The molecule has 0 saturated carbocycles. The van der Waals surface area contributed by atoms with Crippen LogP contribution in [0.3, 0.4) is 0 Å². The lowest BCUT2D eigenvalue weighted by molar-refractivity contribution is 0.112. The van der Waals surface area contributed by atoms with Crippen molar-refractivity contribution in [2.24, 2.45) is 0 Å². The lowest BCUT2D eigenvalue weighted by atomic mass is 10.2. The average Bonchev–Trinajstić information content (AvgIpc) is 2.36. The average molecular weight is 362 g/mol. The van der Waals surface area contributed by atoms with Gasteiger partial charge in [-0.25, -0.2) is 0 Å². The van der Waals surface area contributed by atoms with E-state index in [1.165, 1.54) is 11.8 Å². The molecule has 0 fully saturated rings. The number of carbonyl (C=O) groups is 1. The summed E-state index contributed by atoms with van der Waals surface area (Å²) in [5, 5.41) is 1.03. The Morgan fingerprint density at radius 3 is 2.50 bits per heavy atom. The largest absolute Gasteiger partial charge is 0.298 e. The van der Waals surface area contributed by atoms with Gasteiger partial charge >= 0.3 is 0 Å². The smallest absolute Gasteiger partial charge is 0.151 e. The maximum absolute atomic E-state index is 11.0. The summed E-state index contributed by atoms with van der Waals surface area (Å²) in [6, 6.07) is 11.0. The van der Waals surface area contributed by atoms with Crippen molar-refractivity contribution in [3.8, 4) is 0 Å². The first-order valence-corrected chi connectivity index (χ1v) is 7.34. The van der Waals surface area contributed by atoms with Crippen LogP contribution < -0.4 is 0 Å². The zero-order valence-electron chi connectivity index (χ0n) is 8.99. The highest BCUT2D eigenvalue weighted by atomic mass is 79.9. The predicted octanol–water partition coefficient (Wildman–Crippen LogP) is 5.72. The molecule has 0 spiro atoms. The van der Waals surface area contributed by atoms with Gasteiger partial charge in [0.1, 0.15) is 0 Å². The number of rotatable bonds is 3. The van der Waals surface area contributed by atoms with Gasteiger partial charge in [-0.3, -0.25) is 4.79 Å². The molecule has 0 aliphatic carbocycles. The Bertz CT molecular complexity index is 602. The quantitative estimate of drug-likeness (QED) is 0.650. The number of hydrogen-bond donors (Lipinski definition) is 0. The molecule has 0 bridgehead atoms. The van der Waals surface area contributed by atoms with E-state index in [-0.39, 0.29) is 0 Å². The van der Waals surface area contributed by atoms with Crippen LogP contribution in [0, 0.1) is 0 Å². The van der Waals surface area contributed by atoms with Crippen LogP contribution in [0.4, 0.5) is 0 Å². The van der Waals surface area contributed by atoms with Gasteiger partial charge in [0.25, 0.3) is 0 Å². The van der Waals surface area contributed by atoms with E-state index in [4.69, 9.17) is 23.2 Å². The molecule has 2 aromatic carbocycles. The van der Waals surface area contributed by atoms with Crippen molar-refractivity contribution in [1.29, 1.82) is 0 Å². The van der Waals surface area contributed by atoms with Gasteiger partial charge in [-0.15, -0.1) is 0 Å². The summed E-state index contributed by atoms with van der Waals surface area (Å²) < 4.78 is 0.878. The molecule has 0 heterocycles. The van der Waals surface area contributed by atoms with Crippen LogP contribution in [0.25, 0.3) is 0 Å². The van der Waals surface area contributed by atoms with Gasteiger partial charge in [0.05, 0.1) is 10.0 Å². The van der Waals surface area contributed by atoms with Crippen molar-refractivity contribution in [3.05, 3.63) is 56.5 Å². The monoisotopic (exact) mass is 360 g/mol. The van der Waals surface area contributed by atoms with Crippen molar-refractivity contribution in [1.82, 2.24) is 0 Å².